The summed E-state index contributed by atoms with van der Waals surface area (Å²) in [5, 5.41) is 0. The van der Waals surface area contributed by atoms with Gasteiger partial charge in [-0.15, -0.1) is 0 Å². The molecule has 25 heavy (non-hydrogen) atoms. The standard InChI is InChI=1S/C18H20FN3O3/c1-3-21-11-20-15-9-22(7-6-13(15)18(21)24)17(23)10-25-16-8-12(2)4-5-14(16)19/h4-5,8,11H,3,6-7,9-10H2,1-2H3. The van der Waals surface area contributed by atoms with Gasteiger partial charge in [0.05, 0.1) is 18.6 Å². The molecule has 1 aromatic heterocycles. The molecular formula is C18H20FN3O3. The van der Waals surface area contributed by atoms with Crippen molar-refractivity contribution in [3.63, 3.8) is 0 Å². The van der Waals surface area contributed by atoms with Crippen LogP contribution in [-0.4, -0.2) is 33.5 Å². The van der Waals surface area contributed by atoms with E-state index in [4.69, 9.17) is 4.74 Å². The summed E-state index contributed by atoms with van der Waals surface area (Å²) in [5.41, 5.74) is 2.10. The molecule has 0 unspecified atom stereocenters. The van der Waals surface area contributed by atoms with Crippen LogP contribution in [-0.2, 0) is 24.3 Å². The Kier molecular flexibility index (Phi) is 4.83. The Balaban J connectivity index is 1.67. The van der Waals surface area contributed by atoms with Gasteiger partial charge in [0.2, 0.25) is 0 Å². The fourth-order valence-electron chi connectivity index (χ4n) is 2.85. The highest BCUT2D eigenvalue weighted by atomic mass is 19.1. The first-order valence-corrected chi connectivity index (χ1v) is 8.23. The van der Waals surface area contributed by atoms with Gasteiger partial charge in [-0.05, 0) is 38.0 Å². The minimum atomic E-state index is -0.496. The zero-order valence-corrected chi connectivity index (χ0v) is 14.3. The van der Waals surface area contributed by atoms with E-state index in [1.54, 1.807) is 21.6 Å². The number of carbonyl (C=O) groups is 1. The monoisotopic (exact) mass is 345 g/mol. The van der Waals surface area contributed by atoms with E-state index in [1.165, 1.54) is 12.4 Å². The summed E-state index contributed by atoms with van der Waals surface area (Å²) in [6, 6.07) is 4.51. The molecule has 0 radical (unpaired) electrons. The molecule has 0 saturated heterocycles. The molecule has 0 N–H and O–H groups in total. The lowest BCUT2D eigenvalue weighted by Crippen LogP contribution is -2.42. The fourth-order valence-corrected chi connectivity index (χ4v) is 2.85. The molecule has 0 fully saturated rings. The van der Waals surface area contributed by atoms with Crippen molar-refractivity contribution in [2.75, 3.05) is 13.2 Å². The normalized spacial score (nSPS) is 13.5. The Bertz CT molecular complexity index is 863. The van der Waals surface area contributed by atoms with Crippen LogP contribution in [0.25, 0.3) is 0 Å². The van der Waals surface area contributed by atoms with Gasteiger partial charge in [0.25, 0.3) is 11.5 Å². The number of aryl methyl sites for hydroxylation is 2. The highest BCUT2D eigenvalue weighted by Crippen LogP contribution is 2.19. The SMILES string of the molecule is CCn1cnc2c(c1=O)CCN(C(=O)COc1cc(C)ccc1F)C2. The van der Waals surface area contributed by atoms with Crippen molar-refractivity contribution in [3.05, 3.63) is 57.5 Å². The molecule has 0 bridgehead atoms. The summed E-state index contributed by atoms with van der Waals surface area (Å²) in [6.07, 6.45) is 1.97. The lowest BCUT2D eigenvalue weighted by Gasteiger charge is -2.28. The van der Waals surface area contributed by atoms with Gasteiger partial charge in [-0.3, -0.25) is 14.2 Å². The molecule has 0 aliphatic carbocycles. The largest absolute Gasteiger partial charge is 0.481 e. The van der Waals surface area contributed by atoms with E-state index in [9.17, 15) is 14.0 Å². The molecule has 0 saturated carbocycles. The number of carbonyl (C=O) groups excluding carboxylic acids is 1. The van der Waals surface area contributed by atoms with Crippen LogP contribution in [0.2, 0.25) is 0 Å². The zero-order valence-electron chi connectivity index (χ0n) is 14.3. The van der Waals surface area contributed by atoms with Gasteiger partial charge in [-0.25, -0.2) is 9.37 Å². The van der Waals surface area contributed by atoms with Crippen LogP contribution in [0.5, 0.6) is 5.75 Å². The van der Waals surface area contributed by atoms with Crippen LogP contribution in [0.15, 0.2) is 29.3 Å². The summed E-state index contributed by atoms with van der Waals surface area (Å²) in [4.78, 5) is 30.5. The lowest BCUT2D eigenvalue weighted by molar-refractivity contribution is -0.134. The zero-order chi connectivity index (χ0) is 18.0. The van der Waals surface area contributed by atoms with Crippen molar-refractivity contribution >= 4 is 5.91 Å². The Hall–Kier alpha value is -2.70. The Morgan fingerprint density at radius 1 is 1.40 bits per heavy atom. The predicted octanol–water partition coefficient (Wildman–Crippen LogP) is 1.67. The van der Waals surface area contributed by atoms with Crippen LogP contribution in [0.4, 0.5) is 4.39 Å². The second kappa shape index (κ2) is 7.04. The predicted molar refractivity (Wildman–Crippen MR) is 89.9 cm³/mol. The molecule has 1 aliphatic heterocycles. The number of benzene rings is 1. The van der Waals surface area contributed by atoms with Gasteiger partial charge >= 0.3 is 0 Å². The number of amides is 1. The van der Waals surface area contributed by atoms with Crippen LogP contribution < -0.4 is 10.3 Å². The number of fused-ring (bicyclic) bond motifs is 1. The van der Waals surface area contributed by atoms with E-state index in [0.29, 0.717) is 30.8 Å². The summed E-state index contributed by atoms with van der Waals surface area (Å²) in [7, 11) is 0. The number of halogens is 1. The average molecular weight is 345 g/mol. The second-order valence-electron chi connectivity index (χ2n) is 6.05. The van der Waals surface area contributed by atoms with Crippen LogP contribution in [0.1, 0.15) is 23.7 Å². The summed E-state index contributed by atoms with van der Waals surface area (Å²) in [5.74, 6) is -0.688. The molecule has 7 heteroatoms. The maximum absolute atomic E-state index is 13.7. The Labute approximate surface area is 144 Å². The summed E-state index contributed by atoms with van der Waals surface area (Å²) < 4.78 is 20.6. The Morgan fingerprint density at radius 3 is 2.96 bits per heavy atom. The number of hydrogen-bond donors (Lipinski definition) is 0. The third-order valence-electron chi connectivity index (χ3n) is 4.32. The molecule has 1 aromatic carbocycles. The molecular weight excluding hydrogens is 325 g/mol. The van der Waals surface area contributed by atoms with Gasteiger partial charge in [0, 0.05) is 18.7 Å². The van der Waals surface area contributed by atoms with Crippen LogP contribution in [0, 0.1) is 12.7 Å². The van der Waals surface area contributed by atoms with Gasteiger partial charge in [-0.1, -0.05) is 6.07 Å². The summed E-state index contributed by atoms with van der Waals surface area (Å²) in [6.45, 7) is 4.73. The van der Waals surface area contributed by atoms with Crippen LogP contribution >= 0.6 is 0 Å². The number of ether oxygens (including phenoxy) is 1. The third-order valence-corrected chi connectivity index (χ3v) is 4.32. The molecule has 2 heterocycles. The second-order valence-corrected chi connectivity index (χ2v) is 6.05. The van der Waals surface area contributed by atoms with Crippen molar-refractivity contribution in [1.82, 2.24) is 14.5 Å². The van der Waals surface area contributed by atoms with Crippen molar-refractivity contribution < 1.29 is 13.9 Å². The number of aromatic nitrogens is 2. The molecule has 3 rings (SSSR count). The molecule has 6 nitrogen and oxygen atoms in total. The molecule has 1 aliphatic rings. The molecule has 2 aromatic rings. The van der Waals surface area contributed by atoms with E-state index < -0.39 is 5.82 Å². The highest BCUT2D eigenvalue weighted by Gasteiger charge is 2.24. The van der Waals surface area contributed by atoms with Gasteiger partial charge in [0.1, 0.15) is 0 Å². The molecule has 1 amide bonds. The Morgan fingerprint density at radius 2 is 2.20 bits per heavy atom. The van der Waals surface area contributed by atoms with Crippen molar-refractivity contribution in [1.29, 1.82) is 0 Å². The van der Waals surface area contributed by atoms with E-state index in [-0.39, 0.29) is 30.4 Å². The third kappa shape index (κ3) is 3.55. The van der Waals surface area contributed by atoms with Gasteiger partial charge < -0.3 is 9.64 Å². The first-order chi connectivity index (χ1) is 12.0. The maximum Gasteiger partial charge on any atom is 0.260 e. The topological polar surface area (TPSA) is 64.4 Å². The highest BCUT2D eigenvalue weighted by molar-refractivity contribution is 5.78. The number of hydrogen-bond acceptors (Lipinski definition) is 4. The lowest BCUT2D eigenvalue weighted by atomic mass is 10.1. The summed E-state index contributed by atoms with van der Waals surface area (Å²) >= 11 is 0. The maximum atomic E-state index is 13.7. The van der Waals surface area contributed by atoms with Gasteiger partial charge in [-0.2, -0.15) is 0 Å². The minimum absolute atomic E-state index is 0.0438. The molecule has 0 spiro atoms. The number of nitrogens with zero attached hydrogens (tertiary/aromatic N) is 3. The van der Waals surface area contributed by atoms with E-state index in [2.05, 4.69) is 4.98 Å². The minimum Gasteiger partial charge on any atom is -0.481 e. The smallest absolute Gasteiger partial charge is 0.260 e. The quantitative estimate of drug-likeness (QED) is 0.846. The number of rotatable bonds is 4. The molecule has 0 atom stereocenters. The van der Waals surface area contributed by atoms with Crippen molar-refractivity contribution in [2.24, 2.45) is 0 Å². The fraction of sp³-hybridized carbons (Fsp3) is 0.389. The first kappa shape index (κ1) is 17.1. The van der Waals surface area contributed by atoms with E-state index in [1.807, 2.05) is 13.8 Å². The first-order valence-electron chi connectivity index (χ1n) is 8.23. The van der Waals surface area contributed by atoms with E-state index in [0.717, 1.165) is 5.56 Å². The van der Waals surface area contributed by atoms with Crippen LogP contribution in [0.3, 0.4) is 0 Å². The van der Waals surface area contributed by atoms with Crippen molar-refractivity contribution in [2.45, 2.75) is 33.4 Å². The molecule has 132 valence electrons. The van der Waals surface area contributed by atoms with Gasteiger partial charge in [0.15, 0.2) is 18.2 Å². The van der Waals surface area contributed by atoms with E-state index >= 15 is 0 Å². The van der Waals surface area contributed by atoms with Crippen molar-refractivity contribution in [3.8, 4) is 5.75 Å². The average Bonchev–Trinajstić information content (AvgIpc) is 2.62.